The number of hydrogen-bond acceptors (Lipinski definition) is 7. The molecular formula is C23H31N5O3S. The van der Waals surface area contributed by atoms with Gasteiger partial charge in [-0.1, -0.05) is 12.1 Å². The predicted octanol–water partition coefficient (Wildman–Crippen LogP) is 2.15. The zero-order valence-corrected chi connectivity index (χ0v) is 19.6. The van der Waals surface area contributed by atoms with Crippen molar-refractivity contribution in [3.05, 3.63) is 42.0 Å². The topological polar surface area (TPSA) is 86.7 Å². The van der Waals surface area contributed by atoms with Gasteiger partial charge in [0.25, 0.3) is 0 Å². The normalized spacial score (nSPS) is 17.3. The molecule has 32 heavy (non-hydrogen) atoms. The minimum absolute atomic E-state index is 0.0552. The number of carbonyl (C=O) groups excluding carboxylic acids is 1. The maximum Gasteiger partial charge on any atom is 0.227 e. The van der Waals surface area contributed by atoms with Gasteiger partial charge in [0.2, 0.25) is 5.91 Å². The lowest BCUT2D eigenvalue weighted by Gasteiger charge is -2.35. The van der Waals surface area contributed by atoms with E-state index in [1.54, 1.807) is 38.1 Å². The average molecular weight is 458 g/mol. The van der Waals surface area contributed by atoms with Crippen LogP contribution in [-0.2, 0) is 21.1 Å². The van der Waals surface area contributed by atoms with Gasteiger partial charge in [-0.05, 0) is 56.5 Å². The molecule has 1 aromatic carbocycles. The molecule has 172 valence electrons. The van der Waals surface area contributed by atoms with Crippen molar-refractivity contribution in [1.82, 2.24) is 15.1 Å². The first-order valence-electron chi connectivity index (χ1n) is 11.3. The highest BCUT2D eigenvalue weighted by molar-refractivity contribution is 7.92. The predicted molar refractivity (Wildman–Crippen MR) is 125 cm³/mol. The number of piperazine rings is 1. The van der Waals surface area contributed by atoms with E-state index in [4.69, 9.17) is 0 Å². The molecule has 9 heteroatoms. The molecule has 0 bridgehead atoms. The summed E-state index contributed by atoms with van der Waals surface area (Å²) in [6, 6.07) is 10.7. The summed E-state index contributed by atoms with van der Waals surface area (Å²) in [5.74, 6) is 1.84. The van der Waals surface area contributed by atoms with Gasteiger partial charge in [0, 0.05) is 39.3 Å². The first kappa shape index (κ1) is 22.5. The van der Waals surface area contributed by atoms with Gasteiger partial charge in [-0.3, -0.25) is 4.79 Å². The van der Waals surface area contributed by atoms with E-state index in [2.05, 4.69) is 20.0 Å². The van der Waals surface area contributed by atoms with Crippen molar-refractivity contribution in [3.63, 3.8) is 0 Å². The smallest absolute Gasteiger partial charge is 0.227 e. The molecule has 2 fully saturated rings. The molecule has 2 aliphatic rings. The number of carbonyl (C=O) groups is 1. The highest BCUT2D eigenvalue weighted by Crippen LogP contribution is 2.21. The maximum absolute atomic E-state index is 12.7. The SMILES string of the molecule is CC(C)S(=O)(=O)c1ccc(CC(=O)N2CCN(c3ccc(N4CCCC4)nn3)CC2)cc1. The number of anilines is 2. The zero-order valence-electron chi connectivity index (χ0n) is 18.8. The fraction of sp³-hybridized carbons (Fsp3) is 0.522. The third-order valence-electron chi connectivity index (χ3n) is 6.25. The lowest BCUT2D eigenvalue weighted by atomic mass is 10.1. The fourth-order valence-electron chi connectivity index (χ4n) is 4.14. The Labute approximate surface area is 190 Å². The van der Waals surface area contributed by atoms with Crippen LogP contribution in [0.4, 0.5) is 11.6 Å². The fourth-order valence-corrected chi connectivity index (χ4v) is 5.20. The average Bonchev–Trinajstić information content (AvgIpc) is 3.35. The molecule has 0 radical (unpaired) electrons. The number of rotatable bonds is 6. The number of nitrogens with zero attached hydrogens (tertiary/aromatic N) is 5. The van der Waals surface area contributed by atoms with Gasteiger partial charge in [-0.2, -0.15) is 0 Å². The van der Waals surface area contributed by atoms with Crippen LogP contribution in [0.15, 0.2) is 41.3 Å². The van der Waals surface area contributed by atoms with Crippen LogP contribution in [0, 0.1) is 0 Å². The van der Waals surface area contributed by atoms with Crippen LogP contribution < -0.4 is 9.80 Å². The Morgan fingerprint density at radius 3 is 1.88 bits per heavy atom. The summed E-state index contributed by atoms with van der Waals surface area (Å²) in [7, 11) is -3.30. The number of benzene rings is 1. The highest BCUT2D eigenvalue weighted by atomic mass is 32.2. The molecule has 3 heterocycles. The maximum atomic E-state index is 12.7. The van der Waals surface area contributed by atoms with E-state index in [-0.39, 0.29) is 12.3 Å². The lowest BCUT2D eigenvalue weighted by Crippen LogP contribution is -2.49. The number of sulfone groups is 1. The molecule has 0 atom stereocenters. The molecule has 8 nitrogen and oxygen atoms in total. The van der Waals surface area contributed by atoms with Crippen LogP contribution in [-0.4, -0.2) is 73.9 Å². The van der Waals surface area contributed by atoms with Crippen molar-refractivity contribution < 1.29 is 13.2 Å². The van der Waals surface area contributed by atoms with Crippen LogP contribution in [0.2, 0.25) is 0 Å². The van der Waals surface area contributed by atoms with Gasteiger partial charge >= 0.3 is 0 Å². The minimum atomic E-state index is -3.30. The molecule has 2 aliphatic heterocycles. The van der Waals surface area contributed by atoms with Gasteiger partial charge in [-0.15, -0.1) is 10.2 Å². The van der Waals surface area contributed by atoms with E-state index in [0.29, 0.717) is 18.0 Å². The van der Waals surface area contributed by atoms with Crippen molar-refractivity contribution in [1.29, 1.82) is 0 Å². The largest absolute Gasteiger partial charge is 0.355 e. The van der Waals surface area contributed by atoms with Crippen LogP contribution >= 0.6 is 0 Å². The second-order valence-electron chi connectivity index (χ2n) is 8.73. The Hall–Kier alpha value is -2.68. The van der Waals surface area contributed by atoms with Gasteiger partial charge in [0.15, 0.2) is 21.5 Å². The second kappa shape index (κ2) is 9.44. The van der Waals surface area contributed by atoms with Crippen LogP contribution in [0.1, 0.15) is 32.3 Å². The van der Waals surface area contributed by atoms with E-state index < -0.39 is 15.1 Å². The first-order valence-corrected chi connectivity index (χ1v) is 12.8. The van der Waals surface area contributed by atoms with E-state index in [9.17, 15) is 13.2 Å². The van der Waals surface area contributed by atoms with Crippen LogP contribution in [0.3, 0.4) is 0 Å². The molecule has 0 N–H and O–H groups in total. The Bertz CT molecular complexity index is 1020. The standard InChI is InChI=1S/C23H31N5O3S/c1-18(2)32(30,31)20-7-5-19(6-8-20)17-23(29)28-15-13-27(14-16-28)22-10-9-21(24-25-22)26-11-3-4-12-26/h5-10,18H,3-4,11-17H2,1-2H3. The summed E-state index contributed by atoms with van der Waals surface area (Å²) in [5.41, 5.74) is 0.823. The van der Waals surface area contributed by atoms with Gasteiger partial charge in [0.1, 0.15) is 0 Å². The molecule has 4 rings (SSSR count). The van der Waals surface area contributed by atoms with E-state index in [1.807, 2.05) is 17.0 Å². The Balaban J connectivity index is 1.30. The van der Waals surface area contributed by atoms with Crippen molar-refractivity contribution in [2.75, 3.05) is 49.1 Å². The molecule has 0 aliphatic carbocycles. The Kier molecular flexibility index (Phi) is 6.64. The van der Waals surface area contributed by atoms with Crippen LogP contribution in [0.5, 0.6) is 0 Å². The van der Waals surface area contributed by atoms with Gasteiger partial charge in [-0.25, -0.2) is 8.42 Å². The first-order chi connectivity index (χ1) is 15.3. The van der Waals surface area contributed by atoms with Gasteiger partial charge in [0.05, 0.1) is 16.6 Å². The number of amides is 1. The highest BCUT2D eigenvalue weighted by Gasteiger charge is 2.23. The lowest BCUT2D eigenvalue weighted by molar-refractivity contribution is -0.130. The Morgan fingerprint density at radius 1 is 0.844 bits per heavy atom. The summed E-state index contributed by atoms with van der Waals surface area (Å²) in [5, 5.41) is 8.33. The molecule has 0 saturated carbocycles. The van der Waals surface area contributed by atoms with E-state index in [1.165, 1.54) is 12.8 Å². The van der Waals surface area contributed by atoms with Crippen molar-refractivity contribution in [3.8, 4) is 0 Å². The summed E-state index contributed by atoms with van der Waals surface area (Å²) in [6.45, 7) is 8.13. The third-order valence-corrected chi connectivity index (χ3v) is 8.42. The molecular weight excluding hydrogens is 426 g/mol. The number of aromatic nitrogens is 2. The van der Waals surface area contributed by atoms with Crippen molar-refractivity contribution >= 4 is 27.4 Å². The quantitative estimate of drug-likeness (QED) is 0.657. The second-order valence-corrected chi connectivity index (χ2v) is 11.2. The zero-order chi connectivity index (χ0) is 22.7. The molecule has 2 saturated heterocycles. The third kappa shape index (κ3) is 4.87. The molecule has 1 amide bonds. The summed E-state index contributed by atoms with van der Waals surface area (Å²) in [4.78, 5) is 19.3. The molecule has 0 spiro atoms. The van der Waals surface area contributed by atoms with Crippen LogP contribution in [0.25, 0.3) is 0 Å². The Morgan fingerprint density at radius 2 is 1.38 bits per heavy atom. The van der Waals surface area contributed by atoms with Gasteiger partial charge < -0.3 is 14.7 Å². The van der Waals surface area contributed by atoms with E-state index >= 15 is 0 Å². The minimum Gasteiger partial charge on any atom is -0.355 e. The molecule has 0 unspecified atom stereocenters. The number of hydrogen-bond donors (Lipinski definition) is 0. The molecule has 2 aromatic rings. The summed E-state index contributed by atoms with van der Waals surface area (Å²) in [6.07, 6.45) is 2.69. The summed E-state index contributed by atoms with van der Waals surface area (Å²) < 4.78 is 24.5. The molecule has 1 aromatic heterocycles. The summed E-state index contributed by atoms with van der Waals surface area (Å²) >= 11 is 0. The van der Waals surface area contributed by atoms with E-state index in [0.717, 1.165) is 43.4 Å². The monoisotopic (exact) mass is 457 g/mol. The van der Waals surface area contributed by atoms with Crippen molar-refractivity contribution in [2.45, 2.75) is 43.3 Å². The van der Waals surface area contributed by atoms with Crippen molar-refractivity contribution in [2.24, 2.45) is 0 Å².